The Morgan fingerprint density at radius 2 is 1.96 bits per heavy atom. The van der Waals surface area contributed by atoms with E-state index in [-0.39, 0.29) is 24.3 Å². The second kappa shape index (κ2) is 9.87. The molecule has 0 aliphatic rings. The first-order valence-corrected chi connectivity index (χ1v) is 9.14. The van der Waals surface area contributed by atoms with Gasteiger partial charge in [-0.05, 0) is 17.9 Å². The molecule has 27 heavy (non-hydrogen) atoms. The minimum Gasteiger partial charge on any atom is -0.459 e. The van der Waals surface area contributed by atoms with Crippen LogP contribution in [0.3, 0.4) is 0 Å². The van der Waals surface area contributed by atoms with Gasteiger partial charge < -0.3 is 20.2 Å². The molecule has 1 aromatic carbocycles. The maximum atomic E-state index is 12.4. The van der Waals surface area contributed by atoms with Crippen molar-refractivity contribution in [3.63, 3.8) is 0 Å². The summed E-state index contributed by atoms with van der Waals surface area (Å²) in [7, 11) is 0. The summed E-state index contributed by atoms with van der Waals surface area (Å²) in [6.07, 6.45) is 2.85. The van der Waals surface area contributed by atoms with Crippen molar-refractivity contribution in [3.05, 3.63) is 53.7 Å². The van der Waals surface area contributed by atoms with Crippen LogP contribution >= 0.6 is 0 Å². The fourth-order valence-electron chi connectivity index (χ4n) is 2.53. The Balaban J connectivity index is 1.98. The van der Waals surface area contributed by atoms with Crippen molar-refractivity contribution in [1.29, 1.82) is 0 Å². The first-order chi connectivity index (χ1) is 12.9. The lowest BCUT2D eigenvalue weighted by Crippen LogP contribution is -2.45. The fraction of sp³-hybridized carbons (Fsp3) is 0.450. The molecule has 0 spiro atoms. The summed E-state index contributed by atoms with van der Waals surface area (Å²) in [4.78, 5) is 29.0. The molecule has 2 atom stereocenters. The minimum absolute atomic E-state index is 0.0954. The highest BCUT2D eigenvalue weighted by Crippen LogP contribution is 2.15. The zero-order chi connectivity index (χ0) is 19.8. The molecule has 0 saturated carbocycles. The van der Waals surface area contributed by atoms with Gasteiger partial charge in [-0.1, -0.05) is 57.5 Å². The van der Waals surface area contributed by atoms with Crippen LogP contribution in [0.15, 0.2) is 41.0 Å². The molecule has 0 saturated heterocycles. The number of hydrogen-bond donors (Lipinski definition) is 2. The molecule has 0 fully saturated rings. The van der Waals surface area contributed by atoms with Gasteiger partial charge in [-0.15, -0.1) is 0 Å². The smallest absolute Gasteiger partial charge is 0.329 e. The number of nitrogens with zero attached hydrogens (tertiary/aromatic N) is 1. The number of aromatic nitrogens is 1. The van der Waals surface area contributed by atoms with Crippen LogP contribution in [0.4, 0.5) is 0 Å². The topological polar surface area (TPSA) is 107 Å². The van der Waals surface area contributed by atoms with Gasteiger partial charge >= 0.3 is 5.97 Å². The summed E-state index contributed by atoms with van der Waals surface area (Å²) in [5, 5.41) is 2.68. The number of ether oxygens (including phenoxy) is 1. The molecule has 0 aliphatic carbocycles. The second-order valence-corrected chi connectivity index (χ2v) is 6.75. The van der Waals surface area contributed by atoms with Crippen LogP contribution < -0.4 is 11.1 Å². The first kappa shape index (κ1) is 20.6. The average molecular weight is 373 g/mol. The van der Waals surface area contributed by atoms with Crippen molar-refractivity contribution in [1.82, 2.24) is 10.3 Å². The summed E-state index contributed by atoms with van der Waals surface area (Å²) in [5.74, 6) is -0.821. The van der Waals surface area contributed by atoms with Crippen LogP contribution in [-0.2, 0) is 16.1 Å². The highest BCUT2D eigenvalue weighted by Gasteiger charge is 2.27. The van der Waals surface area contributed by atoms with Gasteiger partial charge in [-0.2, -0.15) is 0 Å². The predicted octanol–water partition coefficient (Wildman–Crippen LogP) is 2.97. The fourth-order valence-corrected chi connectivity index (χ4v) is 2.53. The van der Waals surface area contributed by atoms with Gasteiger partial charge in [0.25, 0.3) is 5.91 Å². The predicted molar refractivity (Wildman–Crippen MR) is 101 cm³/mol. The van der Waals surface area contributed by atoms with Crippen molar-refractivity contribution in [2.45, 2.75) is 52.3 Å². The molecule has 1 heterocycles. The lowest BCUT2D eigenvalue weighted by atomic mass is 10.0. The Hall–Kier alpha value is -2.67. The third-order valence-corrected chi connectivity index (χ3v) is 4.10. The first-order valence-electron chi connectivity index (χ1n) is 9.14. The highest BCUT2D eigenvalue weighted by atomic mass is 16.5. The molecule has 2 aromatic rings. The van der Waals surface area contributed by atoms with Gasteiger partial charge in [0.1, 0.15) is 18.9 Å². The van der Waals surface area contributed by atoms with Crippen molar-refractivity contribution in [2.24, 2.45) is 11.7 Å². The molecule has 7 heteroatoms. The molecule has 0 aliphatic heterocycles. The number of carbonyl (C=O) groups is 2. The Kier molecular flexibility index (Phi) is 7.55. The van der Waals surface area contributed by atoms with E-state index in [1.807, 2.05) is 51.1 Å². The van der Waals surface area contributed by atoms with Crippen LogP contribution in [0.1, 0.15) is 61.6 Å². The van der Waals surface area contributed by atoms with Crippen LogP contribution in [0, 0.1) is 5.92 Å². The van der Waals surface area contributed by atoms with Crippen LogP contribution in [0.5, 0.6) is 0 Å². The Morgan fingerprint density at radius 1 is 1.26 bits per heavy atom. The van der Waals surface area contributed by atoms with E-state index in [4.69, 9.17) is 14.9 Å². The molecule has 1 amide bonds. The Bertz CT molecular complexity index is 743. The van der Waals surface area contributed by atoms with Crippen LogP contribution in [0.25, 0.3) is 0 Å². The molecular formula is C20H27N3O4. The van der Waals surface area contributed by atoms with E-state index in [9.17, 15) is 9.59 Å². The second-order valence-electron chi connectivity index (χ2n) is 6.75. The zero-order valence-corrected chi connectivity index (χ0v) is 16.0. The van der Waals surface area contributed by atoms with Gasteiger partial charge in [-0.3, -0.25) is 4.79 Å². The molecular weight excluding hydrogens is 346 g/mol. The number of oxazole rings is 1. The maximum absolute atomic E-state index is 12.4. The van der Waals surface area contributed by atoms with E-state index in [0.717, 1.165) is 12.0 Å². The molecule has 0 bridgehead atoms. The number of nitrogens with one attached hydrogen (secondary N) is 1. The minimum atomic E-state index is -0.786. The van der Waals surface area contributed by atoms with E-state index < -0.39 is 17.9 Å². The van der Waals surface area contributed by atoms with E-state index in [1.54, 1.807) is 0 Å². The highest BCUT2D eigenvalue weighted by molar-refractivity contribution is 5.95. The van der Waals surface area contributed by atoms with Crippen LogP contribution in [0.2, 0.25) is 0 Å². The van der Waals surface area contributed by atoms with E-state index in [0.29, 0.717) is 12.3 Å². The van der Waals surface area contributed by atoms with Crippen molar-refractivity contribution in [2.75, 3.05) is 0 Å². The summed E-state index contributed by atoms with van der Waals surface area (Å²) >= 11 is 0. The number of amides is 1. The number of carbonyl (C=O) groups excluding carboxylic acids is 2. The van der Waals surface area contributed by atoms with Crippen molar-refractivity contribution >= 4 is 11.9 Å². The number of hydrogen-bond acceptors (Lipinski definition) is 6. The standard InChI is InChI=1S/C20H27N3O4/c1-4-8-15(21)19-22-16(12-26-19)18(24)23-17(13(2)3)20(25)27-11-14-9-6-5-7-10-14/h5-7,9-10,12-13,15,17H,4,8,11,21H2,1-3H3,(H,23,24). The Morgan fingerprint density at radius 3 is 2.59 bits per heavy atom. The molecule has 7 nitrogen and oxygen atoms in total. The number of esters is 1. The van der Waals surface area contributed by atoms with Gasteiger partial charge in [-0.25, -0.2) is 9.78 Å². The zero-order valence-electron chi connectivity index (χ0n) is 16.0. The van der Waals surface area contributed by atoms with Crippen molar-refractivity contribution in [3.8, 4) is 0 Å². The molecule has 3 N–H and O–H groups in total. The SMILES string of the molecule is CCCC(N)c1nc(C(=O)NC(C(=O)OCc2ccccc2)C(C)C)co1. The number of nitrogens with two attached hydrogens (primary N) is 1. The average Bonchev–Trinajstić information content (AvgIpc) is 3.15. The van der Waals surface area contributed by atoms with E-state index in [2.05, 4.69) is 10.3 Å². The summed E-state index contributed by atoms with van der Waals surface area (Å²) in [5.41, 5.74) is 6.93. The molecule has 1 aromatic heterocycles. The quantitative estimate of drug-likeness (QED) is 0.654. The molecule has 146 valence electrons. The van der Waals surface area contributed by atoms with E-state index >= 15 is 0 Å². The molecule has 2 unspecified atom stereocenters. The van der Waals surface area contributed by atoms with Gasteiger partial charge in [0, 0.05) is 0 Å². The maximum Gasteiger partial charge on any atom is 0.329 e. The number of benzene rings is 1. The van der Waals surface area contributed by atoms with Gasteiger partial charge in [0.2, 0.25) is 5.89 Å². The number of rotatable bonds is 9. The molecule has 0 radical (unpaired) electrons. The summed E-state index contributed by atoms with van der Waals surface area (Å²) in [6.45, 7) is 5.82. The lowest BCUT2D eigenvalue weighted by Gasteiger charge is -2.20. The van der Waals surface area contributed by atoms with Gasteiger partial charge in [0.05, 0.1) is 6.04 Å². The summed E-state index contributed by atoms with van der Waals surface area (Å²) < 4.78 is 10.6. The third kappa shape index (κ3) is 5.92. The monoisotopic (exact) mass is 373 g/mol. The largest absolute Gasteiger partial charge is 0.459 e. The van der Waals surface area contributed by atoms with Crippen LogP contribution in [-0.4, -0.2) is 22.9 Å². The normalized spacial score (nSPS) is 13.2. The summed E-state index contributed by atoms with van der Waals surface area (Å²) in [6, 6.07) is 8.23. The molecule has 2 rings (SSSR count). The van der Waals surface area contributed by atoms with E-state index in [1.165, 1.54) is 6.26 Å². The van der Waals surface area contributed by atoms with Gasteiger partial charge in [0.15, 0.2) is 5.69 Å². The Labute approximate surface area is 159 Å². The van der Waals surface area contributed by atoms with Crippen molar-refractivity contribution < 1.29 is 18.7 Å². The third-order valence-electron chi connectivity index (χ3n) is 4.10. The lowest BCUT2D eigenvalue weighted by molar-refractivity contribution is -0.148.